The Morgan fingerprint density at radius 3 is 2.72 bits per heavy atom. The first kappa shape index (κ1) is 19.7. The standard InChI is InChI=1S/C20H17N3O6/c1-25-14-7-8-15(17(9-14)26-2)20-22-18(29-23-20)11-28-19(24)12-27-16-6-4-3-5-13(16)10-21/h3-9H,11-12H2,1-2H3. The van der Waals surface area contributed by atoms with Crippen LogP contribution < -0.4 is 14.2 Å². The Morgan fingerprint density at radius 2 is 1.97 bits per heavy atom. The first-order valence-electron chi connectivity index (χ1n) is 8.47. The first-order chi connectivity index (χ1) is 14.1. The van der Waals surface area contributed by atoms with E-state index in [-0.39, 0.29) is 24.9 Å². The molecule has 0 aliphatic carbocycles. The molecular formula is C20H17N3O6. The van der Waals surface area contributed by atoms with Crippen LogP contribution >= 0.6 is 0 Å². The van der Waals surface area contributed by atoms with E-state index in [1.165, 1.54) is 7.11 Å². The number of nitrogens with zero attached hydrogens (tertiary/aromatic N) is 3. The molecule has 3 rings (SSSR count). The van der Waals surface area contributed by atoms with Crippen LogP contribution in [0.3, 0.4) is 0 Å². The van der Waals surface area contributed by atoms with E-state index < -0.39 is 5.97 Å². The normalized spacial score (nSPS) is 10.1. The maximum atomic E-state index is 11.9. The van der Waals surface area contributed by atoms with Crippen molar-refractivity contribution in [3.05, 3.63) is 53.9 Å². The summed E-state index contributed by atoms with van der Waals surface area (Å²) in [6, 6.07) is 13.7. The minimum absolute atomic E-state index is 0.114. The van der Waals surface area contributed by atoms with Crippen LogP contribution in [0.1, 0.15) is 11.5 Å². The molecule has 0 bridgehead atoms. The van der Waals surface area contributed by atoms with E-state index >= 15 is 0 Å². The highest BCUT2D eigenvalue weighted by Crippen LogP contribution is 2.31. The predicted octanol–water partition coefficient (Wildman–Crippen LogP) is 2.75. The number of carbonyl (C=O) groups is 1. The molecule has 0 saturated carbocycles. The topological polar surface area (TPSA) is 117 Å². The van der Waals surface area contributed by atoms with E-state index in [9.17, 15) is 4.79 Å². The van der Waals surface area contributed by atoms with Crippen LogP contribution in [-0.2, 0) is 16.1 Å². The van der Waals surface area contributed by atoms with Crippen molar-refractivity contribution in [2.24, 2.45) is 0 Å². The van der Waals surface area contributed by atoms with E-state index in [4.69, 9.17) is 28.7 Å². The molecule has 0 saturated heterocycles. The van der Waals surface area contributed by atoms with E-state index in [1.54, 1.807) is 49.6 Å². The second kappa shape index (κ2) is 9.23. The number of methoxy groups -OCH3 is 2. The van der Waals surface area contributed by atoms with Gasteiger partial charge < -0.3 is 23.5 Å². The average Bonchev–Trinajstić information content (AvgIpc) is 3.24. The van der Waals surface area contributed by atoms with Crippen molar-refractivity contribution in [3.8, 4) is 34.7 Å². The Morgan fingerprint density at radius 1 is 1.14 bits per heavy atom. The van der Waals surface area contributed by atoms with Gasteiger partial charge in [0.2, 0.25) is 5.82 Å². The fourth-order valence-electron chi connectivity index (χ4n) is 2.41. The summed E-state index contributed by atoms with van der Waals surface area (Å²) < 4.78 is 26.0. The summed E-state index contributed by atoms with van der Waals surface area (Å²) in [5.41, 5.74) is 0.932. The highest BCUT2D eigenvalue weighted by Gasteiger charge is 2.16. The summed E-state index contributed by atoms with van der Waals surface area (Å²) in [7, 11) is 3.07. The molecule has 0 atom stereocenters. The number of nitriles is 1. The molecule has 1 heterocycles. The van der Waals surface area contributed by atoms with Crippen molar-refractivity contribution in [1.82, 2.24) is 10.1 Å². The van der Waals surface area contributed by atoms with Crippen LogP contribution in [0.25, 0.3) is 11.4 Å². The SMILES string of the molecule is COc1ccc(-c2noc(COC(=O)COc3ccccc3C#N)n2)c(OC)c1. The van der Waals surface area contributed by atoms with Gasteiger partial charge in [-0.15, -0.1) is 0 Å². The number of hydrogen-bond donors (Lipinski definition) is 0. The van der Waals surface area contributed by atoms with Gasteiger partial charge in [0.15, 0.2) is 13.2 Å². The maximum Gasteiger partial charge on any atom is 0.344 e. The van der Waals surface area contributed by atoms with Gasteiger partial charge in [0.1, 0.15) is 23.3 Å². The quantitative estimate of drug-likeness (QED) is 0.531. The van der Waals surface area contributed by atoms with Crippen LogP contribution in [0.2, 0.25) is 0 Å². The number of esters is 1. The zero-order valence-electron chi connectivity index (χ0n) is 15.7. The second-order valence-electron chi connectivity index (χ2n) is 5.64. The molecule has 0 amide bonds. The number of rotatable bonds is 8. The van der Waals surface area contributed by atoms with Gasteiger partial charge in [-0.3, -0.25) is 0 Å². The molecule has 0 fully saturated rings. The summed E-state index contributed by atoms with van der Waals surface area (Å²) in [5, 5.41) is 12.9. The summed E-state index contributed by atoms with van der Waals surface area (Å²) in [5.74, 6) is 1.20. The predicted molar refractivity (Wildman–Crippen MR) is 99.3 cm³/mol. The highest BCUT2D eigenvalue weighted by atomic mass is 16.6. The average molecular weight is 395 g/mol. The number of para-hydroxylation sites is 1. The number of carbonyl (C=O) groups excluding carboxylic acids is 1. The molecule has 0 radical (unpaired) electrons. The molecule has 3 aromatic rings. The molecule has 2 aromatic carbocycles. The number of ether oxygens (including phenoxy) is 4. The van der Waals surface area contributed by atoms with Crippen LogP contribution in [0, 0.1) is 11.3 Å². The molecule has 0 aliphatic rings. The Kier molecular flexibility index (Phi) is 6.27. The zero-order chi connectivity index (χ0) is 20.6. The van der Waals surface area contributed by atoms with Crippen LogP contribution in [0.4, 0.5) is 0 Å². The van der Waals surface area contributed by atoms with Crippen LogP contribution in [-0.4, -0.2) is 36.9 Å². The van der Waals surface area contributed by atoms with Crippen LogP contribution in [0.5, 0.6) is 17.2 Å². The number of aromatic nitrogens is 2. The lowest BCUT2D eigenvalue weighted by Gasteiger charge is -2.07. The highest BCUT2D eigenvalue weighted by molar-refractivity contribution is 5.71. The third-order valence-corrected chi connectivity index (χ3v) is 3.83. The maximum absolute atomic E-state index is 11.9. The van der Waals surface area contributed by atoms with E-state index in [2.05, 4.69) is 10.1 Å². The monoisotopic (exact) mass is 395 g/mol. The van der Waals surface area contributed by atoms with Gasteiger partial charge in [0, 0.05) is 6.07 Å². The van der Waals surface area contributed by atoms with Crippen molar-refractivity contribution in [1.29, 1.82) is 5.26 Å². The van der Waals surface area contributed by atoms with Gasteiger partial charge in [-0.1, -0.05) is 17.3 Å². The lowest BCUT2D eigenvalue weighted by atomic mass is 10.2. The molecule has 0 aliphatic heterocycles. The van der Waals surface area contributed by atoms with Crippen molar-refractivity contribution in [2.45, 2.75) is 6.61 Å². The van der Waals surface area contributed by atoms with Gasteiger partial charge in [0.05, 0.1) is 25.3 Å². The molecule has 0 unspecified atom stereocenters. The third-order valence-electron chi connectivity index (χ3n) is 3.83. The summed E-state index contributed by atoms with van der Waals surface area (Å²) in [6.45, 7) is -0.570. The first-order valence-corrected chi connectivity index (χ1v) is 8.47. The molecule has 29 heavy (non-hydrogen) atoms. The van der Waals surface area contributed by atoms with E-state index in [1.807, 2.05) is 6.07 Å². The van der Waals surface area contributed by atoms with Gasteiger partial charge in [-0.2, -0.15) is 10.2 Å². The molecular weight excluding hydrogens is 378 g/mol. The second-order valence-corrected chi connectivity index (χ2v) is 5.64. The van der Waals surface area contributed by atoms with Gasteiger partial charge in [-0.25, -0.2) is 4.79 Å². The Balaban J connectivity index is 1.58. The molecule has 9 nitrogen and oxygen atoms in total. The van der Waals surface area contributed by atoms with Crippen molar-refractivity contribution in [2.75, 3.05) is 20.8 Å². The van der Waals surface area contributed by atoms with Gasteiger partial charge >= 0.3 is 5.97 Å². The van der Waals surface area contributed by atoms with Gasteiger partial charge in [0.25, 0.3) is 5.89 Å². The van der Waals surface area contributed by atoms with E-state index in [0.717, 1.165) is 0 Å². The fraction of sp³-hybridized carbons (Fsp3) is 0.200. The van der Waals surface area contributed by atoms with Crippen molar-refractivity contribution < 1.29 is 28.3 Å². The molecule has 0 spiro atoms. The molecule has 0 N–H and O–H groups in total. The molecule has 148 valence electrons. The van der Waals surface area contributed by atoms with Crippen LogP contribution in [0.15, 0.2) is 47.0 Å². The Labute approximate surface area is 166 Å². The van der Waals surface area contributed by atoms with E-state index in [0.29, 0.717) is 28.4 Å². The minimum atomic E-state index is -0.639. The smallest absolute Gasteiger partial charge is 0.344 e. The fourth-order valence-corrected chi connectivity index (χ4v) is 2.41. The number of benzene rings is 2. The zero-order valence-corrected chi connectivity index (χ0v) is 15.7. The molecule has 9 heteroatoms. The lowest BCUT2D eigenvalue weighted by Crippen LogP contribution is -2.15. The summed E-state index contributed by atoms with van der Waals surface area (Å²) in [4.78, 5) is 16.1. The summed E-state index contributed by atoms with van der Waals surface area (Å²) >= 11 is 0. The number of hydrogen-bond acceptors (Lipinski definition) is 9. The molecule has 1 aromatic heterocycles. The largest absolute Gasteiger partial charge is 0.497 e. The summed E-state index contributed by atoms with van der Waals surface area (Å²) in [6.07, 6.45) is 0. The third kappa shape index (κ3) is 4.81. The Hall–Kier alpha value is -4.06. The van der Waals surface area contributed by atoms with Crippen molar-refractivity contribution >= 4 is 5.97 Å². The minimum Gasteiger partial charge on any atom is -0.497 e. The van der Waals surface area contributed by atoms with Crippen molar-refractivity contribution in [3.63, 3.8) is 0 Å². The Bertz CT molecular complexity index is 1040. The lowest BCUT2D eigenvalue weighted by molar-refractivity contribution is -0.148. The van der Waals surface area contributed by atoms with Gasteiger partial charge in [-0.05, 0) is 24.3 Å².